The van der Waals surface area contributed by atoms with Gasteiger partial charge < -0.3 is 15.2 Å². The fourth-order valence-corrected chi connectivity index (χ4v) is 6.29. The van der Waals surface area contributed by atoms with Gasteiger partial charge in [-0.2, -0.15) is 13.0 Å². The number of carbonyl (C=O) groups is 1. The van der Waals surface area contributed by atoms with Crippen molar-refractivity contribution in [3.63, 3.8) is 0 Å². The normalized spacial score (nSPS) is 19.9. The van der Waals surface area contributed by atoms with Gasteiger partial charge in [-0.25, -0.2) is 0 Å². The number of benzene rings is 2. The summed E-state index contributed by atoms with van der Waals surface area (Å²) in [4.78, 5) is 13.0. The monoisotopic (exact) mass is 557 g/mol. The quantitative estimate of drug-likeness (QED) is 0.238. The van der Waals surface area contributed by atoms with E-state index in [9.17, 15) is 22.9 Å². The molecule has 0 radical (unpaired) electrons. The summed E-state index contributed by atoms with van der Waals surface area (Å²) >= 11 is 0. The third-order valence-corrected chi connectivity index (χ3v) is 9.73. The maximum Gasteiger partial charge on any atom is 0.294 e. The van der Waals surface area contributed by atoms with Crippen LogP contribution in [0.15, 0.2) is 23.1 Å². The molecule has 8 nitrogen and oxygen atoms in total. The number of carbonyl (C=O) groups excluding carboxylic acids is 1. The molecule has 39 heavy (non-hydrogen) atoms. The number of phenols is 1. The minimum Gasteiger partial charge on any atom is -0.507 e. The van der Waals surface area contributed by atoms with Crippen LogP contribution in [0, 0.1) is 20.8 Å². The minimum absolute atomic E-state index is 0.0857. The van der Waals surface area contributed by atoms with Gasteiger partial charge in [-0.05, 0) is 89.6 Å². The highest BCUT2D eigenvalue weighted by molar-refractivity contribution is 7.85. The molecule has 3 N–H and O–H groups in total. The number of hydrogen-bond donors (Lipinski definition) is 3. The molecule has 1 amide bonds. The molecule has 0 saturated heterocycles. The minimum atomic E-state index is -4.26. The molecule has 4 rings (SSSR count). The summed E-state index contributed by atoms with van der Waals surface area (Å²) < 4.78 is 41.3. The van der Waals surface area contributed by atoms with Crippen LogP contribution in [0.4, 0.5) is 5.69 Å². The van der Waals surface area contributed by atoms with E-state index in [1.807, 2.05) is 27.7 Å². The first kappa shape index (κ1) is 29.1. The Hall–Kier alpha value is -2.91. The van der Waals surface area contributed by atoms with Gasteiger partial charge in [0.25, 0.3) is 16.0 Å². The summed E-state index contributed by atoms with van der Waals surface area (Å²) in [6.45, 7) is 15.0. The lowest BCUT2D eigenvalue weighted by atomic mass is 9.82. The van der Waals surface area contributed by atoms with Gasteiger partial charge in [0.05, 0.1) is 10.3 Å². The van der Waals surface area contributed by atoms with Gasteiger partial charge in [-0.15, -0.1) is 0 Å². The van der Waals surface area contributed by atoms with Crippen LogP contribution >= 0.6 is 0 Å². The van der Waals surface area contributed by atoms with E-state index in [4.69, 9.17) is 4.74 Å². The van der Waals surface area contributed by atoms with E-state index in [0.717, 1.165) is 70.8 Å². The molecule has 2 aliphatic heterocycles. The van der Waals surface area contributed by atoms with Crippen molar-refractivity contribution in [2.24, 2.45) is 0 Å². The lowest BCUT2D eigenvalue weighted by Crippen LogP contribution is -2.51. The molecule has 0 bridgehead atoms. The molecular weight excluding hydrogens is 516 g/mol. The van der Waals surface area contributed by atoms with Crippen molar-refractivity contribution in [2.45, 2.75) is 96.5 Å². The number of phenolic OH excluding ortho intramolecular Hbond substituents is 1. The smallest absolute Gasteiger partial charge is 0.294 e. The molecule has 2 aromatic carbocycles. The molecule has 212 valence electrons. The van der Waals surface area contributed by atoms with Gasteiger partial charge in [0.15, 0.2) is 11.3 Å². The number of hydrogen-bond acceptors (Lipinski definition) is 5. The highest BCUT2D eigenvalue weighted by atomic mass is 32.2. The maximum absolute atomic E-state index is 13.1. The predicted molar refractivity (Wildman–Crippen MR) is 151 cm³/mol. The van der Waals surface area contributed by atoms with Gasteiger partial charge in [0.1, 0.15) is 18.0 Å². The van der Waals surface area contributed by atoms with Gasteiger partial charge >= 0.3 is 0 Å². The van der Waals surface area contributed by atoms with E-state index in [0.29, 0.717) is 25.1 Å². The molecule has 0 saturated carbocycles. The molecule has 1 atom stereocenters. The second kappa shape index (κ2) is 10.2. The Balaban J connectivity index is 1.32. The summed E-state index contributed by atoms with van der Waals surface area (Å²) in [6, 6.07) is 4.79. The molecule has 9 heteroatoms. The zero-order valence-corrected chi connectivity index (χ0v) is 24.9. The average Bonchev–Trinajstić information content (AvgIpc) is 3.07. The third-order valence-electron chi connectivity index (χ3n) is 8.88. The van der Waals surface area contributed by atoms with Crippen molar-refractivity contribution in [1.82, 2.24) is 5.32 Å². The molecule has 0 aromatic heterocycles. The fraction of sp³-hybridized carbons (Fsp3) is 0.533. The summed E-state index contributed by atoms with van der Waals surface area (Å²) in [5, 5.41) is 13.5. The second-order valence-electron chi connectivity index (χ2n) is 11.7. The van der Waals surface area contributed by atoms with E-state index in [1.165, 1.54) is 6.07 Å². The van der Waals surface area contributed by atoms with Crippen molar-refractivity contribution in [3.05, 3.63) is 46.0 Å². The topological polar surface area (TPSA) is 116 Å². The Morgan fingerprint density at radius 1 is 1.05 bits per heavy atom. The zero-order valence-electron chi connectivity index (χ0n) is 24.1. The van der Waals surface area contributed by atoms with Crippen LogP contribution in [0.25, 0.3) is 0 Å². The number of ether oxygens (including phenoxy) is 1. The number of fused-ring (bicyclic) bond motifs is 2. The number of unbranched alkanes of at least 4 members (excludes halogenated alkanes) is 2. The molecule has 0 aliphatic carbocycles. The van der Waals surface area contributed by atoms with E-state index in [2.05, 4.69) is 30.7 Å². The first-order chi connectivity index (χ1) is 18.1. The van der Waals surface area contributed by atoms with Crippen LogP contribution in [0.5, 0.6) is 11.5 Å². The molecule has 0 spiro atoms. The standard InChI is InChI=1S/C30H40N2O6S/c1-18-19(2)27-23(20(3)26(18)33)13-14-30(7,38-27)28(34)31-15-9-8-10-16-32-21(4)29(5,6)24-17-22(39(35,36)37)11-12-25(24)32/h11-12,17H,8-10,13-16H2,1-7H3,(H2-,31,33,34,35,36,37)/p+1. The maximum atomic E-state index is 13.1. The Kier molecular flexibility index (Phi) is 7.64. The van der Waals surface area contributed by atoms with Crippen molar-refractivity contribution >= 4 is 27.4 Å². The first-order valence-electron chi connectivity index (χ1n) is 13.6. The van der Waals surface area contributed by atoms with E-state index in [-0.39, 0.29) is 16.2 Å². The molecule has 2 heterocycles. The highest BCUT2D eigenvalue weighted by Gasteiger charge is 2.43. The molecular formula is C30H41N2O6S+. The lowest BCUT2D eigenvalue weighted by molar-refractivity contribution is -0.439. The van der Waals surface area contributed by atoms with Gasteiger partial charge in [0.2, 0.25) is 5.69 Å². The number of aromatic hydroxyl groups is 1. The SMILES string of the molecule is CC1=[N+](CCCCCNC(=O)C2(C)CCc3c(C)c(O)c(C)c(C)c3O2)c2ccc(S(=O)(=O)O)cc2C1(C)C. The molecule has 2 aliphatic rings. The number of nitrogens with one attached hydrogen (secondary N) is 1. The summed E-state index contributed by atoms with van der Waals surface area (Å²) in [5.41, 5.74) is 5.16. The molecule has 2 aromatic rings. The number of rotatable bonds is 8. The van der Waals surface area contributed by atoms with Crippen LogP contribution in [-0.4, -0.2) is 53.0 Å². The highest BCUT2D eigenvalue weighted by Crippen LogP contribution is 2.43. The van der Waals surface area contributed by atoms with Crippen LogP contribution in [0.3, 0.4) is 0 Å². The zero-order chi connectivity index (χ0) is 28.9. The first-order valence-corrected chi connectivity index (χ1v) is 15.1. The van der Waals surface area contributed by atoms with Crippen molar-refractivity contribution in [2.75, 3.05) is 13.1 Å². The summed E-state index contributed by atoms with van der Waals surface area (Å²) in [5.74, 6) is 0.903. The number of amides is 1. The predicted octanol–water partition coefficient (Wildman–Crippen LogP) is 5.03. The van der Waals surface area contributed by atoms with Gasteiger partial charge in [-0.1, -0.05) is 0 Å². The Morgan fingerprint density at radius 3 is 2.41 bits per heavy atom. The van der Waals surface area contributed by atoms with Gasteiger partial charge in [-0.3, -0.25) is 9.35 Å². The van der Waals surface area contributed by atoms with Gasteiger partial charge in [0, 0.05) is 43.5 Å². The number of nitrogens with zero attached hydrogens (tertiary/aromatic N) is 1. The molecule has 1 unspecified atom stereocenters. The largest absolute Gasteiger partial charge is 0.507 e. The fourth-order valence-electron chi connectivity index (χ4n) is 5.78. The third kappa shape index (κ3) is 5.18. The Bertz CT molecular complexity index is 1480. The summed E-state index contributed by atoms with van der Waals surface area (Å²) in [7, 11) is -4.26. The Morgan fingerprint density at radius 2 is 1.74 bits per heavy atom. The van der Waals surface area contributed by atoms with E-state index >= 15 is 0 Å². The van der Waals surface area contributed by atoms with Crippen LogP contribution in [-0.2, 0) is 26.7 Å². The lowest BCUT2D eigenvalue weighted by Gasteiger charge is -2.36. The van der Waals surface area contributed by atoms with Crippen molar-refractivity contribution in [3.8, 4) is 11.5 Å². The van der Waals surface area contributed by atoms with E-state index < -0.39 is 15.7 Å². The van der Waals surface area contributed by atoms with Crippen LogP contribution in [0.2, 0.25) is 0 Å². The van der Waals surface area contributed by atoms with Crippen LogP contribution in [0.1, 0.15) is 81.2 Å². The Labute approximate surface area is 231 Å². The summed E-state index contributed by atoms with van der Waals surface area (Å²) in [6.07, 6.45) is 3.88. The average molecular weight is 558 g/mol. The second-order valence-corrected chi connectivity index (χ2v) is 13.1. The van der Waals surface area contributed by atoms with Crippen LogP contribution < -0.4 is 10.1 Å². The van der Waals surface area contributed by atoms with Crippen molar-refractivity contribution in [1.29, 1.82) is 0 Å². The van der Waals surface area contributed by atoms with Crippen molar-refractivity contribution < 1.29 is 32.2 Å². The van der Waals surface area contributed by atoms with E-state index in [1.54, 1.807) is 12.1 Å². The molecule has 0 fully saturated rings.